The van der Waals surface area contributed by atoms with E-state index in [1.807, 2.05) is 4.90 Å². The van der Waals surface area contributed by atoms with E-state index in [-0.39, 0.29) is 21.7 Å². The highest BCUT2D eigenvalue weighted by molar-refractivity contribution is 7.89. The second-order valence-electron chi connectivity index (χ2n) is 7.13. The van der Waals surface area contributed by atoms with Gasteiger partial charge in [-0.05, 0) is 38.0 Å². The summed E-state index contributed by atoms with van der Waals surface area (Å²) in [6.45, 7) is 6.27. The Morgan fingerprint density at radius 2 is 1.84 bits per heavy atom. The molecule has 9 nitrogen and oxygen atoms in total. The fourth-order valence-electron chi connectivity index (χ4n) is 3.44. The lowest BCUT2D eigenvalue weighted by Gasteiger charge is -2.23. The van der Waals surface area contributed by atoms with E-state index in [0.29, 0.717) is 18.8 Å². The number of ether oxygens (including phenoxy) is 1. The van der Waals surface area contributed by atoms with E-state index >= 15 is 0 Å². The molecule has 10 heteroatoms. The molecule has 1 heterocycles. The largest absolute Gasteiger partial charge is 0.454 e. The molecule has 0 radical (unpaired) electrons. The Kier molecular flexibility index (Phi) is 8.19. The number of anilines is 1. The topological polar surface area (TPSA) is 134 Å². The lowest BCUT2D eigenvalue weighted by atomic mass is 10.1. The van der Waals surface area contributed by atoms with Crippen LogP contribution in [0, 0.1) is 11.3 Å². The van der Waals surface area contributed by atoms with Gasteiger partial charge in [0.1, 0.15) is 11.6 Å². The number of nitrogens with zero attached hydrogens (tertiary/aromatic N) is 3. The van der Waals surface area contributed by atoms with Crippen molar-refractivity contribution in [3.05, 3.63) is 35.0 Å². The van der Waals surface area contributed by atoms with Crippen molar-refractivity contribution in [3.63, 3.8) is 0 Å². The van der Waals surface area contributed by atoms with Crippen LogP contribution in [-0.4, -0.2) is 57.3 Å². The van der Waals surface area contributed by atoms with Crippen LogP contribution in [0.15, 0.2) is 34.4 Å². The van der Waals surface area contributed by atoms with Crippen molar-refractivity contribution in [1.29, 1.82) is 5.26 Å². The van der Waals surface area contributed by atoms with Gasteiger partial charge in [0.15, 0.2) is 6.61 Å². The number of benzene rings is 1. The van der Waals surface area contributed by atoms with Crippen LogP contribution in [0.1, 0.15) is 44.0 Å². The molecule has 1 aromatic carbocycles. The van der Waals surface area contributed by atoms with E-state index in [9.17, 15) is 18.0 Å². The van der Waals surface area contributed by atoms with Crippen LogP contribution in [0.2, 0.25) is 0 Å². The molecule has 0 unspecified atom stereocenters. The summed E-state index contributed by atoms with van der Waals surface area (Å²) in [6, 6.07) is 6.08. The van der Waals surface area contributed by atoms with Crippen LogP contribution in [0.3, 0.4) is 0 Å². The van der Waals surface area contributed by atoms with E-state index in [2.05, 4.69) is 0 Å². The van der Waals surface area contributed by atoms with Gasteiger partial charge < -0.3 is 15.4 Å². The van der Waals surface area contributed by atoms with Gasteiger partial charge in [-0.3, -0.25) is 4.79 Å². The first-order valence-corrected chi connectivity index (χ1v) is 11.6. The Labute approximate surface area is 183 Å². The van der Waals surface area contributed by atoms with E-state index in [4.69, 9.17) is 15.7 Å². The number of rotatable bonds is 9. The van der Waals surface area contributed by atoms with Crippen LogP contribution in [0.25, 0.3) is 0 Å². The smallest absolute Gasteiger partial charge is 0.340 e. The predicted octanol–water partition coefficient (Wildman–Crippen LogP) is 1.80. The van der Waals surface area contributed by atoms with E-state index in [0.717, 1.165) is 25.9 Å². The molecule has 0 atom stereocenters. The molecular formula is C21H28N4O5S. The molecule has 0 aromatic heterocycles. The molecule has 1 aliphatic heterocycles. The Bertz CT molecular complexity index is 1010. The zero-order chi connectivity index (χ0) is 23.2. The maximum atomic E-state index is 12.9. The SMILES string of the molecule is CCN(CC)S(=O)(=O)c1ccc(N2CCCC2)c(C(=O)OCC(=O)/C(C#N)=C(/C)N)c1. The summed E-state index contributed by atoms with van der Waals surface area (Å²) in [5.41, 5.74) is 5.90. The third-order valence-corrected chi connectivity index (χ3v) is 7.14. The lowest BCUT2D eigenvalue weighted by molar-refractivity contribution is -0.118. The first-order valence-electron chi connectivity index (χ1n) is 10.1. The van der Waals surface area contributed by atoms with E-state index < -0.39 is 28.4 Å². The van der Waals surface area contributed by atoms with Crippen molar-refractivity contribution < 1.29 is 22.7 Å². The van der Waals surface area contributed by atoms with Crippen molar-refractivity contribution in [2.75, 3.05) is 37.7 Å². The molecule has 2 N–H and O–H groups in total. The van der Waals surface area contributed by atoms with Crippen LogP contribution < -0.4 is 10.6 Å². The minimum absolute atomic E-state index is 0.0205. The Balaban J connectivity index is 2.40. The number of Topliss-reactive ketones (excluding diaryl/α,β-unsaturated/α-hetero) is 1. The molecule has 31 heavy (non-hydrogen) atoms. The van der Waals surface area contributed by atoms with Gasteiger partial charge in [0, 0.05) is 31.9 Å². The van der Waals surface area contributed by atoms with Gasteiger partial charge in [-0.2, -0.15) is 9.57 Å². The predicted molar refractivity (Wildman–Crippen MR) is 116 cm³/mol. The molecule has 2 rings (SSSR count). The Morgan fingerprint density at radius 3 is 2.35 bits per heavy atom. The molecule has 0 amide bonds. The standard InChI is InChI=1S/C21H28N4O5S/c1-4-25(5-2)31(28,29)16-8-9-19(24-10-6-7-11-24)17(12-16)21(27)30-14-20(26)18(13-22)15(3)23/h8-9,12H,4-7,10-11,14,23H2,1-3H3/b18-15-. The van der Waals surface area contributed by atoms with Gasteiger partial charge in [0.2, 0.25) is 15.8 Å². The molecular weight excluding hydrogens is 420 g/mol. The number of nitrogens with two attached hydrogens (primary N) is 1. The van der Waals surface area contributed by atoms with Crippen molar-refractivity contribution in [1.82, 2.24) is 4.31 Å². The number of hydrogen-bond acceptors (Lipinski definition) is 8. The van der Waals surface area contributed by atoms with Gasteiger partial charge in [-0.25, -0.2) is 13.2 Å². The minimum atomic E-state index is -3.78. The zero-order valence-electron chi connectivity index (χ0n) is 18.1. The first-order chi connectivity index (χ1) is 14.7. The summed E-state index contributed by atoms with van der Waals surface area (Å²) in [7, 11) is -3.78. The summed E-state index contributed by atoms with van der Waals surface area (Å²) in [6.07, 6.45) is 1.91. The third kappa shape index (κ3) is 5.42. The number of hydrogen-bond donors (Lipinski definition) is 1. The van der Waals surface area contributed by atoms with Crippen molar-refractivity contribution in [2.24, 2.45) is 5.73 Å². The van der Waals surface area contributed by atoms with Crippen LogP contribution in [0.5, 0.6) is 0 Å². The summed E-state index contributed by atoms with van der Waals surface area (Å²) in [5.74, 6) is -1.55. The molecule has 1 aliphatic rings. The minimum Gasteiger partial charge on any atom is -0.454 e. The second kappa shape index (κ2) is 10.4. The summed E-state index contributed by atoms with van der Waals surface area (Å²) in [5, 5.41) is 9.03. The van der Waals surface area contributed by atoms with E-state index in [1.165, 1.54) is 23.4 Å². The summed E-state index contributed by atoms with van der Waals surface area (Å²) < 4.78 is 32.3. The molecule has 0 saturated carbocycles. The molecule has 0 bridgehead atoms. The molecule has 1 fully saturated rings. The fourth-order valence-corrected chi connectivity index (χ4v) is 4.92. The van der Waals surface area contributed by atoms with Crippen molar-refractivity contribution >= 4 is 27.5 Å². The zero-order valence-corrected chi connectivity index (χ0v) is 18.9. The highest BCUT2D eigenvalue weighted by atomic mass is 32.2. The lowest BCUT2D eigenvalue weighted by Crippen LogP contribution is -2.31. The number of sulfonamides is 1. The van der Waals surface area contributed by atoms with Gasteiger partial charge in [-0.1, -0.05) is 13.8 Å². The molecule has 1 saturated heterocycles. The molecule has 168 valence electrons. The number of allylic oxidation sites excluding steroid dienone is 1. The highest BCUT2D eigenvalue weighted by Gasteiger charge is 2.27. The summed E-state index contributed by atoms with van der Waals surface area (Å²) in [4.78, 5) is 27.0. The number of ketones is 1. The third-order valence-electron chi connectivity index (χ3n) is 5.10. The first kappa shape index (κ1) is 24.4. The van der Waals surface area contributed by atoms with Gasteiger partial charge in [0.25, 0.3) is 0 Å². The van der Waals surface area contributed by atoms with Crippen LogP contribution in [0.4, 0.5) is 5.69 Å². The number of esters is 1. The molecule has 1 aromatic rings. The van der Waals surface area contributed by atoms with Gasteiger partial charge >= 0.3 is 5.97 Å². The average molecular weight is 449 g/mol. The van der Waals surface area contributed by atoms with Crippen molar-refractivity contribution in [2.45, 2.75) is 38.5 Å². The Morgan fingerprint density at radius 1 is 1.23 bits per heavy atom. The average Bonchev–Trinajstić information content (AvgIpc) is 3.27. The fraction of sp³-hybridized carbons (Fsp3) is 0.476. The number of nitriles is 1. The van der Waals surface area contributed by atoms with Crippen LogP contribution >= 0.6 is 0 Å². The number of carbonyl (C=O) groups is 2. The van der Waals surface area contributed by atoms with Crippen molar-refractivity contribution in [3.8, 4) is 6.07 Å². The molecule has 0 aliphatic carbocycles. The van der Waals surface area contributed by atoms with E-state index in [1.54, 1.807) is 26.0 Å². The maximum Gasteiger partial charge on any atom is 0.340 e. The van der Waals surface area contributed by atoms with Gasteiger partial charge in [-0.15, -0.1) is 0 Å². The quantitative estimate of drug-likeness (QED) is 0.343. The highest BCUT2D eigenvalue weighted by Crippen LogP contribution is 2.29. The molecule has 0 spiro atoms. The second-order valence-corrected chi connectivity index (χ2v) is 9.07. The maximum absolute atomic E-state index is 12.9. The Hall–Kier alpha value is -2.90. The monoisotopic (exact) mass is 448 g/mol. The normalized spacial score (nSPS) is 14.9. The summed E-state index contributed by atoms with van der Waals surface area (Å²) >= 11 is 0. The number of carbonyl (C=O) groups excluding carboxylic acids is 2. The van der Waals surface area contributed by atoms with Crippen LogP contribution in [-0.2, 0) is 19.6 Å². The van der Waals surface area contributed by atoms with Gasteiger partial charge in [0.05, 0.1) is 16.1 Å².